The van der Waals surface area contributed by atoms with E-state index in [2.05, 4.69) is 25.9 Å². The summed E-state index contributed by atoms with van der Waals surface area (Å²) in [6.45, 7) is 0. The van der Waals surface area contributed by atoms with Crippen LogP contribution in [-0.4, -0.2) is 22.3 Å². The van der Waals surface area contributed by atoms with Crippen molar-refractivity contribution >= 4 is 40.8 Å². The molecule has 0 fully saturated rings. The first-order chi connectivity index (χ1) is 15.2. The van der Waals surface area contributed by atoms with Gasteiger partial charge in [-0.15, -0.1) is 11.8 Å². The van der Waals surface area contributed by atoms with Gasteiger partial charge in [-0.2, -0.15) is 0 Å². The first kappa shape index (κ1) is 20.4. The monoisotopic (exact) mass is 427 g/mol. The highest BCUT2D eigenvalue weighted by molar-refractivity contribution is 7.98. The van der Waals surface area contributed by atoms with E-state index in [0.29, 0.717) is 5.82 Å². The van der Waals surface area contributed by atoms with Gasteiger partial charge in [0.1, 0.15) is 11.6 Å². The molecule has 3 N–H and O–H groups in total. The van der Waals surface area contributed by atoms with Crippen molar-refractivity contribution in [3.05, 3.63) is 91.3 Å². The summed E-state index contributed by atoms with van der Waals surface area (Å²) in [6, 6.07) is 24.8. The smallest absolute Gasteiger partial charge is 0.324 e. The van der Waals surface area contributed by atoms with E-state index in [-0.39, 0.29) is 6.03 Å². The minimum atomic E-state index is -0.345. The zero-order chi connectivity index (χ0) is 21.5. The Kier molecular flexibility index (Phi) is 6.44. The van der Waals surface area contributed by atoms with Gasteiger partial charge in [-0.3, -0.25) is 5.32 Å². The molecule has 2 amide bonds. The van der Waals surface area contributed by atoms with E-state index >= 15 is 0 Å². The van der Waals surface area contributed by atoms with Crippen molar-refractivity contribution in [1.29, 1.82) is 0 Å². The summed E-state index contributed by atoms with van der Waals surface area (Å²) in [4.78, 5) is 22.1. The topological polar surface area (TPSA) is 78.9 Å². The van der Waals surface area contributed by atoms with Crippen LogP contribution in [0.5, 0.6) is 0 Å². The summed E-state index contributed by atoms with van der Waals surface area (Å²) in [6.07, 6.45) is 5.43. The van der Waals surface area contributed by atoms with Crippen LogP contribution >= 0.6 is 11.8 Å². The van der Waals surface area contributed by atoms with Gasteiger partial charge in [0.25, 0.3) is 0 Å². The third kappa shape index (κ3) is 5.61. The van der Waals surface area contributed by atoms with E-state index in [9.17, 15) is 4.79 Å². The van der Waals surface area contributed by atoms with Crippen LogP contribution < -0.4 is 16.0 Å². The highest BCUT2D eigenvalue weighted by Crippen LogP contribution is 2.24. The number of anilines is 4. The second kappa shape index (κ2) is 9.77. The van der Waals surface area contributed by atoms with Crippen LogP contribution in [0.2, 0.25) is 0 Å². The van der Waals surface area contributed by atoms with Gasteiger partial charge in [-0.25, -0.2) is 14.8 Å². The van der Waals surface area contributed by atoms with Gasteiger partial charge in [0, 0.05) is 28.7 Å². The maximum Gasteiger partial charge on any atom is 0.324 e. The molecule has 0 aliphatic carbocycles. The fourth-order valence-corrected chi connectivity index (χ4v) is 3.39. The lowest BCUT2D eigenvalue weighted by Crippen LogP contribution is -2.20. The van der Waals surface area contributed by atoms with E-state index in [1.807, 2.05) is 85.1 Å². The molecule has 0 unspecified atom stereocenters. The van der Waals surface area contributed by atoms with Crippen molar-refractivity contribution < 1.29 is 4.79 Å². The number of hydrogen-bond acceptors (Lipinski definition) is 5. The second-order valence-electron chi connectivity index (χ2n) is 6.66. The van der Waals surface area contributed by atoms with E-state index in [1.54, 1.807) is 24.2 Å². The summed E-state index contributed by atoms with van der Waals surface area (Å²) in [7, 11) is 0. The molecule has 0 atom stereocenters. The van der Waals surface area contributed by atoms with Crippen molar-refractivity contribution in [3.63, 3.8) is 0 Å². The molecule has 0 saturated heterocycles. The number of amides is 2. The number of urea groups is 1. The molecule has 0 bridgehead atoms. The summed E-state index contributed by atoms with van der Waals surface area (Å²) in [5, 5.41) is 8.89. The molecule has 0 aliphatic rings. The molecular weight excluding hydrogens is 406 g/mol. The zero-order valence-corrected chi connectivity index (χ0v) is 17.7. The van der Waals surface area contributed by atoms with Gasteiger partial charge in [0.2, 0.25) is 0 Å². The molecule has 6 nitrogen and oxygen atoms in total. The van der Waals surface area contributed by atoms with Crippen LogP contribution in [0.15, 0.2) is 96.2 Å². The molecule has 0 radical (unpaired) electrons. The fourth-order valence-electron chi connectivity index (χ4n) is 2.98. The van der Waals surface area contributed by atoms with Gasteiger partial charge in [-0.05, 0) is 78.0 Å². The Balaban J connectivity index is 1.45. The average molecular weight is 428 g/mol. The van der Waals surface area contributed by atoms with Crippen molar-refractivity contribution in [1.82, 2.24) is 9.97 Å². The summed E-state index contributed by atoms with van der Waals surface area (Å²) in [5.74, 6) is 1.20. The van der Waals surface area contributed by atoms with Crippen LogP contribution in [0.3, 0.4) is 0 Å². The van der Waals surface area contributed by atoms with Gasteiger partial charge < -0.3 is 10.6 Å². The van der Waals surface area contributed by atoms with Gasteiger partial charge in [0.15, 0.2) is 0 Å². The number of aromatic nitrogens is 2. The molecule has 2 aromatic heterocycles. The lowest BCUT2D eigenvalue weighted by molar-refractivity contribution is 0.262. The number of pyridine rings is 2. The van der Waals surface area contributed by atoms with Crippen LogP contribution in [-0.2, 0) is 0 Å². The molecule has 2 heterocycles. The quantitative estimate of drug-likeness (QED) is 0.317. The number of benzene rings is 2. The number of carbonyl (C=O) groups is 1. The van der Waals surface area contributed by atoms with E-state index in [1.165, 1.54) is 0 Å². The standard InChI is InChI=1S/C24H21N5OS/c1-31-21-9-7-20(8-10-21)28-24(30)29-23-16-18(12-14-26-23)17-11-13-25-22(15-17)27-19-5-3-2-4-6-19/h2-16H,1H3,(H,25,27)(H2,26,28,29,30). The largest absolute Gasteiger partial charge is 0.340 e. The Morgan fingerprint density at radius 1 is 0.742 bits per heavy atom. The molecule has 7 heteroatoms. The summed E-state index contributed by atoms with van der Waals surface area (Å²) < 4.78 is 0. The second-order valence-corrected chi connectivity index (χ2v) is 7.54. The number of carbonyl (C=O) groups excluding carboxylic acids is 1. The minimum Gasteiger partial charge on any atom is -0.340 e. The number of rotatable bonds is 6. The lowest BCUT2D eigenvalue weighted by atomic mass is 10.1. The zero-order valence-electron chi connectivity index (χ0n) is 16.9. The Morgan fingerprint density at radius 2 is 1.39 bits per heavy atom. The minimum absolute atomic E-state index is 0.345. The highest BCUT2D eigenvalue weighted by Gasteiger charge is 2.07. The number of para-hydroxylation sites is 1. The van der Waals surface area contributed by atoms with E-state index in [4.69, 9.17) is 0 Å². The molecule has 0 spiro atoms. The SMILES string of the molecule is CSc1ccc(NC(=O)Nc2cc(-c3ccnc(Nc4ccccc4)c3)ccn2)cc1. The third-order valence-corrected chi connectivity index (χ3v) is 5.23. The molecule has 0 saturated carbocycles. The van der Waals surface area contributed by atoms with Gasteiger partial charge in [-0.1, -0.05) is 18.2 Å². The first-order valence-electron chi connectivity index (χ1n) is 9.66. The molecular formula is C24H21N5OS. The van der Waals surface area contributed by atoms with E-state index in [0.717, 1.165) is 33.2 Å². The number of thioether (sulfide) groups is 1. The van der Waals surface area contributed by atoms with Crippen molar-refractivity contribution in [2.24, 2.45) is 0 Å². The fraction of sp³-hybridized carbons (Fsp3) is 0.0417. The van der Waals surface area contributed by atoms with Crippen molar-refractivity contribution in [3.8, 4) is 11.1 Å². The van der Waals surface area contributed by atoms with Gasteiger partial charge >= 0.3 is 6.03 Å². The Labute approximate surface area is 185 Å². The number of nitrogens with zero attached hydrogens (tertiary/aromatic N) is 2. The molecule has 4 rings (SSSR count). The Bertz CT molecular complexity index is 1170. The van der Waals surface area contributed by atoms with Crippen LogP contribution in [0.4, 0.5) is 27.8 Å². The summed E-state index contributed by atoms with van der Waals surface area (Å²) in [5.41, 5.74) is 3.57. The predicted molar refractivity (Wildman–Crippen MR) is 128 cm³/mol. The van der Waals surface area contributed by atoms with Crippen LogP contribution in [0, 0.1) is 0 Å². The lowest BCUT2D eigenvalue weighted by Gasteiger charge is -2.10. The first-order valence-corrected chi connectivity index (χ1v) is 10.9. The molecule has 4 aromatic rings. The van der Waals surface area contributed by atoms with E-state index < -0.39 is 0 Å². The summed E-state index contributed by atoms with van der Waals surface area (Å²) >= 11 is 1.65. The number of nitrogens with one attached hydrogen (secondary N) is 3. The predicted octanol–water partition coefficient (Wildman–Crippen LogP) is 6.25. The van der Waals surface area contributed by atoms with Crippen LogP contribution in [0.1, 0.15) is 0 Å². The molecule has 31 heavy (non-hydrogen) atoms. The maximum atomic E-state index is 12.4. The maximum absolute atomic E-state index is 12.4. The van der Waals surface area contributed by atoms with Crippen molar-refractivity contribution in [2.75, 3.05) is 22.2 Å². The molecule has 0 aliphatic heterocycles. The third-order valence-electron chi connectivity index (χ3n) is 4.49. The Morgan fingerprint density at radius 3 is 2.06 bits per heavy atom. The van der Waals surface area contributed by atoms with Gasteiger partial charge in [0.05, 0.1) is 0 Å². The highest BCUT2D eigenvalue weighted by atomic mass is 32.2. The average Bonchev–Trinajstić information content (AvgIpc) is 2.80. The molecule has 2 aromatic carbocycles. The normalized spacial score (nSPS) is 10.4. The van der Waals surface area contributed by atoms with Crippen molar-refractivity contribution in [2.45, 2.75) is 4.90 Å². The molecule has 154 valence electrons. The Hall–Kier alpha value is -3.84. The number of hydrogen-bond donors (Lipinski definition) is 3. The van der Waals surface area contributed by atoms with Crippen LogP contribution in [0.25, 0.3) is 11.1 Å².